The summed E-state index contributed by atoms with van der Waals surface area (Å²) in [5.41, 5.74) is 2.05. The molecule has 0 fully saturated rings. The number of carbonyl (C=O) groups is 3. The van der Waals surface area contributed by atoms with E-state index in [-0.39, 0.29) is 5.57 Å². The van der Waals surface area contributed by atoms with Crippen molar-refractivity contribution in [2.75, 3.05) is 0 Å². The highest BCUT2D eigenvalue weighted by molar-refractivity contribution is 5.86. The Balaban J connectivity index is -0.000000328. The van der Waals surface area contributed by atoms with Crippen LogP contribution in [0.5, 0.6) is 0 Å². The molecule has 0 atom stereocenters. The van der Waals surface area contributed by atoms with Crippen LogP contribution < -0.4 is 0 Å². The number of aliphatic carboxylic acids is 3. The van der Waals surface area contributed by atoms with Gasteiger partial charge in [-0.05, 0) is 39.2 Å². The van der Waals surface area contributed by atoms with Gasteiger partial charge in [0.05, 0.1) is 0 Å². The molecule has 0 aliphatic carbocycles. The molecule has 0 radical (unpaired) electrons. The second-order valence-electron chi connectivity index (χ2n) is 5.99. The fourth-order valence-corrected chi connectivity index (χ4v) is 1.21. The van der Waals surface area contributed by atoms with Gasteiger partial charge in [0.25, 0.3) is 0 Å². The molecular formula is C24H34O6. The summed E-state index contributed by atoms with van der Waals surface area (Å²) in [5, 5.41) is 24.3. The Bertz CT molecular complexity index is 702. The van der Waals surface area contributed by atoms with Crippen LogP contribution in [0.3, 0.4) is 0 Å². The summed E-state index contributed by atoms with van der Waals surface area (Å²) in [7, 11) is 0. The molecular weight excluding hydrogens is 384 g/mol. The van der Waals surface area contributed by atoms with Crippen LogP contribution in [-0.2, 0) is 14.4 Å². The molecule has 1 aromatic carbocycles. The molecule has 166 valence electrons. The fourth-order valence-electron chi connectivity index (χ4n) is 1.21. The van der Waals surface area contributed by atoms with Crippen molar-refractivity contribution in [3.05, 3.63) is 78.4 Å². The molecule has 0 bridgehead atoms. The van der Waals surface area contributed by atoms with Crippen molar-refractivity contribution in [3.8, 4) is 0 Å². The number of carboxylic acid groups (broad SMARTS) is 3. The summed E-state index contributed by atoms with van der Waals surface area (Å²) < 4.78 is 0. The number of benzene rings is 1. The Morgan fingerprint density at radius 3 is 1.60 bits per heavy atom. The third-order valence-electron chi connectivity index (χ3n) is 3.31. The minimum Gasteiger partial charge on any atom is -0.478 e. The van der Waals surface area contributed by atoms with Gasteiger partial charge in [-0.2, -0.15) is 0 Å². The van der Waals surface area contributed by atoms with Gasteiger partial charge >= 0.3 is 17.9 Å². The second kappa shape index (κ2) is 20.3. The molecule has 0 unspecified atom stereocenters. The first-order chi connectivity index (χ1) is 13.9. The van der Waals surface area contributed by atoms with Crippen LogP contribution in [0, 0.1) is 0 Å². The fraction of sp³-hybridized carbons (Fsp3) is 0.292. The van der Waals surface area contributed by atoms with Gasteiger partial charge in [-0.25, -0.2) is 14.4 Å². The van der Waals surface area contributed by atoms with E-state index < -0.39 is 17.9 Å². The van der Waals surface area contributed by atoms with E-state index in [4.69, 9.17) is 15.3 Å². The number of carboxylic acids is 3. The van der Waals surface area contributed by atoms with Crippen molar-refractivity contribution in [1.82, 2.24) is 0 Å². The molecule has 0 amide bonds. The molecule has 30 heavy (non-hydrogen) atoms. The largest absolute Gasteiger partial charge is 0.478 e. The Kier molecular flexibility index (Phi) is 21.2. The van der Waals surface area contributed by atoms with Gasteiger partial charge in [-0.1, -0.05) is 75.6 Å². The van der Waals surface area contributed by atoms with E-state index in [0.717, 1.165) is 12.8 Å². The Labute approximate surface area is 179 Å². The van der Waals surface area contributed by atoms with Crippen molar-refractivity contribution in [2.45, 2.75) is 47.0 Å². The molecule has 0 aliphatic rings. The first-order valence-electron chi connectivity index (χ1n) is 9.27. The van der Waals surface area contributed by atoms with Crippen molar-refractivity contribution < 1.29 is 29.7 Å². The van der Waals surface area contributed by atoms with E-state index >= 15 is 0 Å². The van der Waals surface area contributed by atoms with E-state index in [1.54, 1.807) is 19.9 Å². The first kappa shape index (κ1) is 31.3. The average molecular weight is 419 g/mol. The minimum absolute atomic E-state index is 0.176. The Morgan fingerprint density at radius 1 is 0.933 bits per heavy atom. The quantitative estimate of drug-likeness (QED) is 0.480. The molecule has 1 aromatic rings. The zero-order valence-corrected chi connectivity index (χ0v) is 18.4. The summed E-state index contributed by atoms with van der Waals surface area (Å²) in [4.78, 5) is 29.6. The van der Waals surface area contributed by atoms with Gasteiger partial charge in [-0.15, -0.1) is 0 Å². The predicted molar refractivity (Wildman–Crippen MR) is 122 cm³/mol. The van der Waals surface area contributed by atoms with E-state index in [0.29, 0.717) is 17.6 Å². The van der Waals surface area contributed by atoms with Crippen LogP contribution in [0.1, 0.15) is 52.5 Å². The summed E-state index contributed by atoms with van der Waals surface area (Å²) in [6.07, 6.45) is 5.95. The lowest BCUT2D eigenvalue weighted by Gasteiger charge is -1.95. The zero-order chi connectivity index (χ0) is 24.1. The van der Waals surface area contributed by atoms with E-state index in [9.17, 15) is 14.4 Å². The Hall–Kier alpha value is -3.41. The molecule has 0 spiro atoms. The highest BCUT2D eigenvalue weighted by Gasteiger charge is 2.00. The van der Waals surface area contributed by atoms with Crippen LogP contribution in [0.25, 0.3) is 6.08 Å². The Morgan fingerprint density at radius 2 is 1.40 bits per heavy atom. The normalized spacial score (nSPS) is 9.13. The number of unbranched alkanes of at least 4 members (excludes halogenated alkanes) is 1. The van der Waals surface area contributed by atoms with Gasteiger partial charge < -0.3 is 15.3 Å². The van der Waals surface area contributed by atoms with Crippen molar-refractivity contribution in [3.63, 3.8) is 0 Å². The standard InChI is InChI=1S/C8H8.C7H12O2.C5H8O2.C4H6O2/c1-2-8-6-4-3-5-7-8;1-3-4-5-6(2)7(8)9;1-3-4(2)5(6)7;1-3(2)4(5)6/h2-7H,1H2;2-5H2,1H3,(H,8,9);3H,1-2H3,(H,6,7);1H2,2H3,(H,5,6). The van der Waals surface area contributed by atoms with Gasteiger partial charge in [0.2, 0.25) is 0 Å². The van der Waals surface area contributed by atoms with Crippen molar-refractivity contribution in [1.29, 1.82) is 0 Å². The van der Waals surface area contributed by atoms with Gasteiger partial charge in [0.15, 0.2) is 0 Å². The molecule has 6 heteroatoms. The zero-order valence-electron chi connectivity index (χ0n) is 18.4. The molecule has 3 N–H and O–H groups in total. The maximum absolute atomic E-state index is 10.1. The molecule has 0 saturated heterocycles. The van der Waals surface area contributed by atoms with Gasteiger partial charge in [0, 0.05) is 16.7 Å². The maximum atomic E-state index is 10.1. The van der Waals surface area contributed by atoms with Crippen LogP contribution >= 0.6 is 0 Å². The summed E-state index contributed by atoms with van der Waals surface area (Å²) in [5.74, 6) is -2.65. The maximum Gasteiger partial charge on any atom is 0.330 e. The van der Waals surface area contributed by atoms with Crippen LogP contribution in [0.2, 0.25) is 0 Å². The van der Waals surface area contributed by atoms with Crippen LogP contribution in [0.15, 0.2) is 72.9 Å². The van der Waals surface area contributed by atoms with Gasteiger partial charge in [-0.3, -0.25) is 0 Å². The topological polar surface area (TPSA) is 112 Å². The summed E-state index contributed by atoms with van der Waals surface area (Å²) >= 11 is 0. The highest BCUT2D eigenvalue weighted by Crippen LogP contribution is 2.03. The predicted octanol–water partition coefficient (Wildman–Crippen LogP) is 5.83. The first-order valence-corrected chi connectivity index (χ1v) is 9.27. The lowest BCUT2D eigenvalue weighted by atomic mass is 10.1. The number of hydrogen-bond acceptors (Lipinski definition) is 3. The van der Waals surface area contributed by atoms with Crippen molar-refractivity contribution in [2.24, 2.45) is 0 Å². The SMILES string of the molecule is C=C(C)C(=O)O.C=C(CCCC)C(=O)O.C=Cc1ccccc1.CC=C(C)C(=O)O. The molecule has 6 nitrogen and oxygen atoms in total. The summed E-state index contributed by atoms with van der Waals surface area (Å²) in [6.45, 7) is 16.9. The van der Waals surface area contributed by atoms with Gasteiger partial charge in [0.1, 0.15) is 0 Å². The van der Waals surface area contributed by atoms with E-state index in [1.807, 2.05) is 43.3 Å². The lowest BCUT2D eigenvalue weighted by molar-refractivity contribution is -0.133. The number of hydrogen-bond donors (Lipinski definition) is 3. The van der Waals surface area contributed by atoms with Crippen LogP contribution in [0.4, 0.5) is 0 Å². The lowest BCUT2D eigenvalue weighted by Crippen LogP contribution is -1.97. The smallest absolute Gasteiger partial charge is 0.330 e. The average Bonchev–Trinajstić information content (AvgIpc) is 2.72. The summed E-state index contributed by atoms with van der Waals surface area (Å²) in [6, 6.07) is 10.0. The molecule has 0 saturated carbocycles. The molecule has 0 heterocycles. The molecule has 0 aliphatic heterocycles. The number of allylic oxidation sites excluding steroid dienone is 1. The van der Waals surface area contributed by atoms with E-state index in [1.165, 1.54) is 12.5 Å². The van der Waals surface area contributed by atoms with Crippen molar-refractivity contribution >= 4 is 24.0 Å². The molecule has 1 rings (SSSR count). The van der Waals surface area contributed by atoms with Crippen LogP contribution in [-0.4, -0.2) is 33.2 Å². The number of rotatable bonds is 7. The third-order valence-corrected chi connectivity index (χ3v) is 3.31. The second-order valence-corrected chi connectivity index (χ2v) is 5.99. The monoisotopic (exact) mass is 418 g/mol. The third kappa shape index (κ3) is 22.6. The molecule has 0 aromatic heterocycles. The van der Waals surface area contributed by atoms with E-state index in [2.05, 4.69) is 19.7 Å². The highest BCUT2D eigenvalue weighted by atomic mass is 16.4. The minimum atomic E-state index is -0.935.